The second-order valence-electron chi connectivity index (χ2n) is 3.57. The highest BCUT2D eigenvalue weighted by molar-refractivity contribution is 5.95. The number of piperidine rings is 2. The highest BCUT2D eigenvalue weighted by Crippen LogP contribution is 2.24. The minimum atomic E-state index is -0.0556. The van der Waals surface area contributed by atoms with Crippen LogP contribution in [0.1, 0.15) is 32.1 Å². The van der Waals surface area contributed by atoms with Crippen molar-refractivity contribution in [1.29, 1.82) is 0 Å². The molecule has 0 aromatic heterocycles. The first kappa shape index (κ1) is 7.77. The summed E-state index contributed by atoms with van der Waals surface area (Å²) in [7, 11) is 0. The predicted octanol–water partition coefficient (Wildman–Crippen LogP) is 0.730. The molecule has 0 saturated carbocycles. The number of nitrogens with zero attached hydrogens (tertiary/aromatic N) is 1. The molecule has 0 N–H and O–H groups in total. The van der Waals surface area contributed by atoms with E-state index in [0.717, 1.165) is 25.8 Å². The third kappa shape index (κ3) is 1.13. The van der Waals surface area contributed by atoms with Crippen molar-refractivity contribution in [2.75, 3.05) is 6.54 Å². The van der Waals surface area contributed by atoms with E-state index in [1.807, 2.05) is 0 Å². The molecule has 2 aliphatic heterocycles. The lowest BCUT2D eigenvalue weighted by molar-refractivity contribution is -0.146. The quantitative estimate of drug-likeness (QED) is 0.533. The van der Waals surface area contributed by atoms with Gasteiger partial charge in [0.25, 0.3) is 0 Å². The van der Waals surface area contributed by atoms with E-state index < -0.39 is 0 Å². The molecule has 3 nitrogen and oxygen atoms in total. The minimum absolute atomic E-state index is 0.0556. The summed E-state index contributed by atoms with van der Waals surface area (Å²) >= 11 is 0. The van der Waals surface area contributed by atoms with Crippen LogP contribution in [0.2, 0.25) is 0 Å². The van der Waals surface area contributed by atoms with Gasteiger partial charge in [0.05, 0.1) is 6.04 Å². The number of carbonyl (C=O) groups excluding carboxylic acids is 2. The van der Waals surface area contributed by atoms with Crippen LogP contribution in [0.4, 0.5) is 0 Å². The van der Waals surface area contributed by atoms with E-state index in [4.69, 9.17) is 0 Å². The summed E-state index contributed by atoms with van der Waals surface area (Å²) in [6, 6.07) is -0.0556. The molecule has 2 rings (SSSR count). The number of carbonyl (C=O) groups is 2. The number of rotatable bonds is 0. The molecule has 12 heavy (non-hydrogen) atoms. The maximum Gasteiger partial charge on any atom is 0.223 e. The second kappa shape index (κ2) is 2.88. The molecule has 2 heterocycles. The maximum absolute atomic E-state index is 11.4. The van der Waals surface area contributed by atoms with Gasteiger partial charge in [-0.05, 0) is 19.3 Å². The van der Waals surface area contributed by atoms with Crippen molar-refractivity contribution >= 4 is 11.7 Å². The smallest absolute Gasteiger partial charge is 0.223 e. The van der Waals surface area contributed by atoms with Gasteiger partial charge in [0.1, 0.15) is 0 Å². The van der Waals surface area contributed by atoms with Crippen molar-refractivity contribution < 1.29 is 9.59 Å². The summed E-state index contributed by atoms with van der Waals surface area (Å²) in [5.41, 5.74) is 0. The van der Waals surface area contributed by atoms with E-state index in [1.165, 1.54) is 0 Å². The molecule has 0 unspecified atom stereocenters. The average Bonchev–Trinajstić information content (AvgIpc) is 2.12. The van der Waals surface area contributed by atoms with Crippen molar-refractivity contribution in [3.8, 4) is 0 Å². The van der Waals surface area contributed by atoms with Crippen LogP contribution < -0.4 is 0 Å². The Morgan fingerprint density at radius 1 is 1.17 bits per heavy atom. The van der Waals surface area contributed by atoms with Crippen molar-refractivity contribution in [2.24, 2.45) is 0 Å². The first-order chi connectivity index (χ1) is 5.79. The van der Waals surface area contributed by atoms with Crippen molar-refractivity contribution in [3.63, 3.8) is 0 Å². The molecule has 0 bridgehead atoms. The van der Waals surface area contributed by atoms with Gasteiger partial charge in [-0.15, -0.1) is 0 Å². The molecule has 2 fully saturated rings. The standard InChI is InChI=1S/C9H13NO2/c11-8-4-5-9(12)10-6-2-1-3-7(8)10/h7H,1-6H2/t7-/m0/s1. The molecular formula is C9H13NO2. The fourth-order valence-electron chi connectivity index (χ4n) is 2.11. The van der Waals surface area contributed by atoms with E-state index >= 15 is 0 Å². The van der Waals surface area contributed by atoms with Crippen LogP contribution >= 0.6 is 0 Å². The topological polar surface area (TPSA) is 37.4 Å². The van der Waals surface area contributed by atoms with Crippen LogP contribution in [0.3, 0.4) is 0 Å². The number of Topliss-reactive ketones (excluding diaryl/α,β-unsaturated/α-hetero) is 1. The largest absolute Gasteiger partial charge is 0.333 e. The molecule has 0 aromatic rings. The average molecular weight is 167 g/mol. The van der Waals surface area contributed by atoms with Crippen molar-refractivity contribution in [1.82, 2.24) is 4.90 Å². The molecule has 1 atom stereocenters. The van der Waals surface area contributed by atoms with Crippen LogP contribution in [0.25, 0.3) is 0 Å². The Morgan fingerprint density at radius 3 is 2.75 bits per heavy atom. The number of amides is 1. The second-order valence-corrected chi connectivity index (χ2v) is 3.57. The van der Waals surface area contributed by atoms with E-state index in [-0.39, 0.29) is 17.7 Å². The van der Waals surface area contributed by atoms with Crippen LogP contribution in [-0.2, 0) is 9.59 Å². The Balaban J connectivity index is 2.16. The lowest BCUT2D eigenvalue weighted by Gasteiger charge is -2.37. The maximum atomic E-state index is 11.4. The van der Waals surface area contributed by atoms with Crippen LogP contribution in [0.15, 0.2) is 0 Å². The molecule has 3 heteroatoms. The molecule has 2 saturated heterocycles. The molecule has 0 spiro atoms. The first-order valence-corrected chi connectivity index (χ1v) is 4.61. The van der Waals surface area contributed by atoms with E-state index in [1.54, 1.807) is 4.90 Å². The van der Waals surface area contributed by atoms with Gasteiger partial charge in [0.15, 0.2) is 5.78 Å². The minimum Gasteiger partial charge on any atom is -0.333 e. The molecule has 0 aliphatic carbocycles. The van der Waals surface area contributed by atoms with E-state index in [0.29, 0.717) is 12.8 Å². The van der Waals surface area contributed by atoms with E-state index in [2.05, 4.69) is 0 Å². The highest BCUT2D eigenvalue weighted by atomic mass is 16.2. The van der Waals surface area contributed by atoms with Gasteiger partial charge in [-0.25, -0.2) is 0 Å². The van der Waals surface area contributed by atoms with Gasteiger partial charge >= 0.3 is 0 Å². The normalized spacial score (nSPS) is 30.3. The van der Waals surface area contributed by atoms with Gasteiger partial charge in [-0.1, -0.05) is 0 Å². The molecule has 1 amide bonds. The monoisotopic (exact) mass is 167 g/mol. The molecule has 0 aromatic carbocycles. The Labute approximate surface area is 71.7 Å². The Hall–Kier alpha value is -0.860. The Kier molecular flexibility index (Phi) is 1.87. The number of hydrogen-bond donors (Lipinski definition) is 0. The lowest BCUT2D eigenvalue weighted by Crippen LogP contribution is -2.51. The molecular weight excluding hydrogens is 154 g/mol. The van der Waals surface area contributed by atoms with Crippen LogP contribution in [0, 0.1) is 0 Å². The van der Waals surface area contributed by atoms with Gasteiger partial charge in [0, 0.05) is 19.4 Å². The molecule has 2 aliphatic rings. The van der Waals surface area contributed by atoms with Crippen molar-refractivity contribution in [2.45, 2.75) is 38.1 Å². The first-order valence-electron chi connectivity index (χ1n) is 4.61. The predicted molar refractivity (Wildman–Crippen MR) is 43.6 cm³/mol. The van der Waals surface area contributed by atoms with Crippen LogP contribution in [-0.4, -0.2) is 29.2 Å². The summed E-state index contributed by atoms with van der Waals surface area (Å²) in [6.45, 7) is 0.801. The zero-order chi connectivity index (χ0) is 8.55. The van der Waals surface area contributed by atoms with Gasteiger partial charge in [-0.3, -0.25) is 9.59 Å². The van der Waals surface area contributed by atoms with E-state index in [9.17, 15) is 9.59 Å². The zero-order valence-electron chi connectivity index (χ0n) is 7.08. The lowest BCUT2D eigenvalue weighted by atomic mass is 9.92. The summed E-state index contributed by atoms with van der Waals surface area (Å²) in [6.07, 6.45) is 3.97. The number of fused-ring (bicyclic) bond motifs is 1. The third-order valence-corrected chi connectivity index (χ3v) is 2.78. The molecule has 66 valence electrons. The SMILES string of the molecule is O=C1CCC(=O)N2CCCC[C@@H]12. The Morgan fingerprint density at radius 2 is 2.00 bits per heavy atom. The van der Waals surface area contributed by atoms with Gasteiger partial charge < -0.3 is 4.90 Å². The fourth-order valence-corrected chi connectivity index (χ4v) is 2.11. The third-order valence-electron chi connectivity index (χ3n) is 2.78. The van der Waals surface area contributed by atoms with Crippen molar-refractivity contribution in [3.05, 3.63) is 0 Å². The summed E-state index contributed by atoms with van der Waals surface area (Å²) < 4.78 is 0. The fraction of sp³-hybridized carbons (Fsp3) is 0.778. The van der Waals surface area contributed by atoms with Gasteiger partial charge in [-0.2, -0.15) is 0 Å². The summed E-state index contributed by atoms with van der Waals surface area (Å²) in [5, 5.41) is 0. The summed E-state index contributed by atoms with van der Waals surface area (Å²) in [4.78, 5) is 24.5. The summed E-state index contributed by atoms with van der Waals surface area (Å²) in [5.74, 6) is 0.452. The van der Waals surface area contributed by atoms with Crippen LogP contribution in [0.5, 0.6) is 0 Å². The van der Waals surface area contributed by atoms with Gasteiger partial charge in [0.2, 0.25) is 5.91 Å². The number of ketones is 1. The molecule has 0 radical (unpaired) electrons. The highest BCUT2D eigenvalue weighted by Gasteiger charge is 2.35. The zero-order valence-corrected chi connectivity index (χ0v) is 7.08. The Bertz CT molecular complexity index is 201. The number of hydrogen-bond acceptors (Lipinski definition) is 2.